The van der Waals surface area contributed by atoms with Crippen LogP contribution in [0.5, 0.6) is 0 Å². The summed E-state index contributed by atoms with van der Waals surface area (Å²) in [7, 11) is 0. The zero-order valence-corrected chi connectivity index (χ0v) is 8.36. The van der Waals surface area contributed by atoms with Gasteiger partial charge in [-0.3, -0.25) is 0 Å². The Balaban J connectivity index is 0. The molecule has 0 radical (unpaired) electrons. The third-order valence-electron chi connectivity index (χ3n) is 0.782. The van der Waals surface area contributed by atoms with Gasteiger partial charge in [0.25, 0.3) is 0 Å². The van der Waals surface area contributed by atoms with Crippen LogP contribution in [0, 0.1) is 0 Å². The minimum Gasteiger partial charge on any atom is -0.547 e. The van der Waals surface area contributed by atoms with E-state index in [9.17, 15) is 19.8 Å². The summed E-state index contributed by atoms with van der Waals surface area (Å²) >= 11 is 0. The maximum Gasteiger partial charge on any atom is 2.00 e. The van der Waals surface area contributed by atoms with Crippen LogP contribution in [-0.2, 0) is 29.1 Å². The molecule has 2 N–H and O–H groups in total. The SMILES string of the molecule is O=C([O-])[C@@H](O)[C@H](O)C(=O)[O-].[Zn+2]. The monoisotopic (exact) mass is 212 g/mol. The summed E-state index contributed by atoms with van der Waals surface area (Å²) in [6.45, 7) is 0. The number of aliphatic hydroxyl groups is 2. The van der Waals surface area contributed by atoms with Gasteiger partial charge in [-0.05, 0) is 0 Å². The molecule has 0 amide bonds. The minimum atomic E-state index is -2.44. The van der Waals surface area contributed by atoms with Crippen LogP contribution in [0.4, 0.5) is 0 Å². The fourth-order valence-corrected chi connectivity index (χ4v) is 0.258. The van der Waals surface area contributed by atoms with Crippen LogP contribution in [0.1, 0.15) is 0 Å². The van der Waals surface area contributed by atoms with Gasteiger partial charge < -0.3 is 30.0 Å². The zero-order chi connectivity index (χ0) is 8.31. The molecule has 0 aliphatic carbocycles. The van der Waals surface area contributed by atoms with E-state index < -0.39 is 24.1 Å². The fraction of sp³-hybridized carbons (Fsp3) is 0.500. The van der Waals surface area contributed by atoms with E-state index >= 15 is 0 Å². The molecule has 0 aromatic carbocycles. The van der Waals surface area contributed by atoms with Gasteiger partial charge >= 0.3 is 19.5 Å². The first-order valence-corrected chi connectivity index (χ1v) is 2.24. The van der Waals surface area contributed by atoms with Crippen molar-refractivity contribution in [3.8, 4) is 0 Å². The number of carbonyl (C=O) groups is 2. The molecule has 0 rings (SSSR count). The van der Waals surface area contributed by atoms with Crippen molar-refractivity contribution in [2.45, 2.75) is 12.2 Å². The second-order valence-electron chi connectivity index (χ2n) is 1.53. The van der Waals surface area contributed by atoms with Crippen molar-refractivity contribution < 1.29 is 49.5 Å². The average Bonchev–Trinajstić information content (AvgIpc) is 1.84. The van der Waals surface area contributed by atoms with Crippen molar-refractivity contribution in [2.24, 2.45) is 0 Å². The second kappa shape index (κ2) is 5.18. The molecule has 0 bridgehead atoms. The van der Waals surface area contributed by atoms with Crippen molar-refractivity contribution >= 4 is 11.9 Å². The number of aliphatic hydroxyl groups excluding tert-OH is 2. The topological polar surface area (TPSA) is 121 Å². The molecule has 7 heteroatoms. The first-order chi connectivity index (χ1) is 4.46. The quantitative estimate of drug-likeness (QED) is 0.454. The molecule has 0 saturated carbocycles. The molecule has 0 aliphatic rings. The first-order valence-electron chi connectivity index (χ1n) is 2.24. The van der Waals surface area contributed by atoms with Crippen molar-refractivity contribution in [1.82, 2.24) is 0 Å². The van der Waals surface area contributed by atoms with E-state index in [2.05, 4.69) is 0 Å². The maximum absolute atomic E-state index is 9.63. The normalized spacial score (nSPS) is 14.4. The van der Waals surface area contributed by atoms with Gasteiger partial charge in [0.15, 0.2) is 0 Å². The van der Waals surface area contributed by atoms with E-state index in [4.69, 9.17) is 10.2 Å². The zero-order valence-electron chi connectivity index (χ0n) is 5.39. The molecule has 0 fully saturated rings. The number of carboxylic acid groups (broad SMARTS) is 2. The van der Waals surface area contributed by atoms with E-state index in [-0.39, 0.29) is 19.5 Å². The molecule has 0 unspecified atom stereocenters. The van der Waals surface area contributed by atoms with Crippen LogP contribution >= 0.6 is 0 Å². The number of aliphatic carboxylic acids is 2. The molecule has 0 aromatic heterocycles. The molecule has 0 aromatic rings. The number of rotatable bonds is 3. The Morgan fingerprint density at radius 3 is 1.27 bits per heavy atom. The van der Waals surface area contributed by atoms with Gasteiger partial charge in [0.1, 0.15) is 12.2 Å². The number of carboxylic acids is 2. The summed E-state index contributed by atoms with van der Waals surface area (Å²) in [6.07, 6.45) is -4.88. The number of hydrogen-bond donors (Lipinski definition) is 2. The molecule has 2 atom stereocenters. The van der Waals surface area contributed by atoms with Gasteiger partial charge in [-0.25, -0.2) is 0 Å². The van der Waals surface area contributed by atoms with E-state index in [1.54, 1.807) is 0 Å². The van der Waals surface area contributed by atoms with Gasteiger partial charge in [0.2, 0.25) is 0 Å². The van der Waals surface area contributed by atoms with E-state index in [0.717, 1.165) is 0 Å². The van der Waals surface area contributed by atoms with Crippen molar-refractivity contribution in [3.63, 3.8) is 0 Å². The molecule has 6 nitrogen and oxygen atoms in total. The van der Waals surface area contributed by atoms with Crippen LogP contribution < -0.4 is 10.2 Å². The summed E-state index contributed by atoms with van der Waals surface area (Å²) in [5, 5.41) is 35.7. The Morgan fingerprint density at radius 2 is 1.18 bits per heavy atom. The summed E-state index contributed by atoms with van der Waals surface area (Å²) in [6, 6.07) is 0. The fourth-order valence-electron chi connectivity index (χ4n) is 0.258. The molecular weight excluding hydrogens is 209 g/mol. The molecular formula is C4H4O6Zn. The molecule has 0 spiro atoms. The Bertz CT molecular complexity index is 139. The average molecular weight is 213 g/mol. The largest absolute Gasteiger partial charge is 2.00 e. The van der Waals surface area contributed by atoms with Crippen LogP contribution in [0.25, 0.3) is 0 Å². The molecule has 0 heterocycles. The van der Waals surface area contributed by atoms with Gasteiger partial charge in [-0.15, -0.1) is 0 Å². The molecule has 58 valence electrons. The second-order valence-corrected chi connectivity index (χ2v) is 1.53. The Kier molecular flexibility index (Phi) is 6.16. The number of hydrogen-bond acceptors (Lipinski definition) is 6. The standard InChI is InChI=1S/C4H6O6.Zn/c5-1(3(7)8)2(6)4(9)10;/h1-2,5-6H,(H,7,8)(H,9,10);/q;+2/p-2/t1-,2-;/m0./s1. The maximum atomic E-state index is 9.63. The van der Waals surface area contributed by atoms with Gasteiger partial charge in [-0.2, -0.15) is 0 Å². The number of carbonyl (C=O) groups excluding carboxylic acids is 2. The smallest absolute Gasteiger partial charge is 0.547 e. The van der Waals surface area contributed by atoms with Crippen LogP contribution in [-0.4, -0.2) is 34.4 Å². The van der Waals surface area contributed by atoms with Crippen LogP contribution in [0.3, 0.4) is 0 Å². The molecule has 0 aliphatic heterocycles. The summed E-state index contributed by atoms with van der Waals surface area (Å²) < 4.78 is 0. The van der Waals surface area contributed by atoms with E-state index in [1.165, 1.54) is 0 Å². The molecule has 11 heavy (non-hydrogen) atoms. The van der Waals surface area contributed by atoms with Gasteiger partial charge in [-0.1, -0.05) is 0 Å². The summed E-state index contributed by atoms with van der Waals surface area (Å²) in [4.78, 5) is 19.3. The van der Waals surface area contributed by atoms with E-state index in [1.807, 2.05) is 0 Å². The minimum absolute atomic E-state index is 0. The first kappa shape index (κ1) is 13.1. The van der Waals surface area contributed by atoms with Crippen molar-refractivity contribution in [1.29, 1.82) is 0 Å². The van der Waals surface area contributed by atoms with Crippen LogP contribution in [0.2, 0.25) is 0 Å². The summed E-state index contributed by atoms with van der Waals surface area (Å²) in [5.74, 6) is -4.12. The summed E-state index contributed by atoms with van der Waals surface area (Å²) in [5.41, 5.74) is 0. The predicted octanol–water partition coefficient (Wildman–Crippen LogP) is -4.79. The molecule has 0 saturated heterocycles. The third kappa shape index (κ3) is 4.03. The van der Waals surface area contributed by atoms with Crippen LogP contribution in [0.15, 0.2) is 0 Å². The van der Waals surface area contributed by atoms with E-state index in [0.29, 0.717) is 0 Å². The Morgan fingerprint density at radius 1 is 1.00 bits per heavy atom. The van der Waals surface area contributed by atoms with Crippen molar-refractivity contribution in [3.05, 3.63) is 0 Å². The van der Waals surface area contributed by atoms with Gasteiger partial charge in [0, 0.05) is 0 Å². The van der Waals surface area contributed by atoms with Crippen molar-refractivity contribution in [2.75, 3.05) is 0 Å². The third-order valence-corrected chi connectivity index (χ3v) is 0.782. The van der Waals surface area contributed by atoms with Gasteiger partial charge in [0.05, 0.1) is 11.9 Å². The Hall–Kier alpha value is -0.517. The predicted molar refractivity (Wildman–Crippen MR) is 22.0 cm³/mol. The Labute approximate surface area is 74.2 Å².